The molecule has 3 nitrogen and oxygen atoms in total. The number of fused-ring (bicyclic) bond motifs is 1. The topological polar surface area (TPSA) is 32.7 Å². The van der Waals surface area contributed by atoms with Crippen LogP contribution in [-0.4, -0.2) is 42.4 Å². The molecule has 19 heavy (non-hydrogen) atoms. The first-order chi connectivity index (χ1) is 9.08. The molecule has 4 heteroatoms. The molecule has 0 saturated heterocycles. The van der Waals surface area contributed by atoms with Crippen LogP contribution in [0, 0.1) is 5.92 Å². The Morgan fingerprint density at radius 3 is 3.00 bits per heavy atom. The quantitative estimate of drug-likeness (QED) is 0.871. The van der Waals surface area contributed by atoms with Gasteiger partial charge in [0.1, 0.15) is 0 Å². The maximum Gasteiger partial charge on any atom is 0.0900 e. The van der Waals surface area contributed by atoms with Crippen molar-refractivity contribution in [3.05, 3.63) is 21.9 Å². The van der Waals surface area contributed by atoms with E-state index in [0.29, 0.717) is 25.1 Å². The number of β-amino-alcohol motifs (C(OH)–C–C–N with tert-alkyl or cyclic N) is 1. The highest BCUT2D eigenvalue weighted by atomic mass is 32.1. The zero-order chi connectivity index (χ0) is 13.8. The van der Waals surface area contributed by atoms with Gasteiger partial charge in [0.05, 0.1) is 12.7 Å². The lowest BCUT2D eigenvalue weighted by Crippen LogP contribution is -2.40. The van der Waals surface area contributed by atoms with E-state index in [2.05, 4.69) is 37.1 Å². The van der Waals surface area contributed by atoms with Gasteiger partial charge in [0.25, 0.3) is 0 Å². The van der Waals surface area contributed by atoms with Crippen molar-refractivity contribution in [2.45, 2.75) is 39.3 Å². The van der Waals surface area contributed by atoms with E-state index in [4.69, 9.17) is 4.74 Å². The summed E-state index contributed by atoms with van der Waals surface area (Å²) in [6.07, 6.45) is 0.720. The average molecular weight is 283 g/mol. The number of ether oxygens (including phenoxy) is 1. The lowest BCUT2D eigenvalue weighted by atomic mass is 10.0. The Balaban J connectivity index is 1.80. The Labute approximate surface area is 120 Å². The molecule has 1 aliphatic heterocycles. The van der Waals surface area contributed by atoms with E-state index in [9.17, 15) is 5.11 Å². The van der Waals surface area contributed by atoms with Crippen molar-refractivity contribution in [1.29, 1.82) is 0 Å². The van der Waals surface area contributed by atoms with Crippen molar-refractivity contribution in [2.24, 2.45) is 5.92 Å². The Bertz CT molecular complexity index is 391. The van der Waals surface area contributed by atoms with Crippen LogP contribution in [0.5, 0.6) is 0 Å². The molecule has 1 aromatic heterocycles. The highest BCUT2D eigenvalue weighted by molar-refractivity contribution is 7.10. The molecule has 0 unspecified atom stereocenters. The third-order valence-electron chi connectivity index (χ3n) is 3.61. The van der Waals surface area contributed by atoms with Crippen molar-refractivity contribution in [3.63, 3.8) is 0 Å². The Morgan fingerprint density at radius 2 is 2.26 bits per heavy atom. The number of thiophene rings is 1. The fourth-order valence-electron chi connectivity index (χ4n) is 2.57. The smallest absolute Gasteiger partial charge is 0.0900 e. The molecule has 0 aromatic carbocycles. The van der Waals surface area contributed by atoms with Crippen molar-refractivity contribution in [1.82, 2.24) is 4.90 Å². The summed E-state index contributed by atoms with van der Waals surface area (Å²) in [6, 6.07) is 2.63. The third-order valence-corrected chi connectivity index (χ3v) is 4.61. The number of hydrogen-bond acceptors (Lipinski definition) is 4. The molecular weight excluding hydrogens is 258 g/mol. The van der Waals surface area contributed by atoms with Gasteiger partial charge in [-0.15, -0.1) is 11.3 Å². The van der Waals surface area contributed by atoms with E-state index in [1.807, 2.05) is 11.3 Å². The number of hydrogen-bond donors (Lipinski definition) is 1. The van der Waals surface area contributed by atoms with Crippen LogP contribution < -0.4 is 0 Å². The van der Waals surface area contributed by atoms with Crippen LogP contribution in [0.25, 0.3) is 0 Å². The zero-order valence-electron chi connectivity index (χ0n) is 12.1. The average Bonchev–Trinajstić information content (AvgIpc) is 2.81. The predicted octanol–water partition coefficient (Wildman–Crippen LogP) is 2.70. The number of rotatable bonds is 6. The molecule has 0 radical (unpaired) electrons. The van der Waals surface area contributed by atoms with E-state index < -0.39 is 0 Å². The first-order valence-corrected chi connectivity index (χ1v) is 8.02. The standard InChI is InChI=1S/C15H25NO2S/c1-11(2)9-18-10-13(17)8-16-6-4-15-14(12(16)3)5-7-19-15/h5,7,11-13,17H,4,6,8-10H2,1-3H3/t12-,13+/m0/s1. The molecule has 2 heterocycles. The van der Waals surface area contributed by atoms with Gasteiger partial charge in [-0.25, -0.2) is 0 Å². The van der Waals surface area contributed by atoms with Gasteiger partial charge in [-0.05, 0) is 36.3 Å². The SMILES string of the molecule is CC(C)COC[C@H](O)CN1CCc2sccc2[C@@H]1C. The van der Waals surface area contributed by atoms with Crippen molar-refractivity contribution in [2.75, 3.05) is 26.3 Å². The highest BCUT2D eigenvalue weighted by Gasteiger charge is 2.26. The molecule has 0 bridgehead atoms. The molecule has 2 rings (SSSR count). The highest BCUT2D eigenvalue weighted by Crippen LogP contribution is 2.32. The summed E-state index contributed by atoms with van der Waals surface area (Å²) in [7, 11) is 0. The van der Waals surface area contributed by atoms with E-state index in [1.165, 1.54) is 10.4 Å². The molecule has 0 aliphatic carbocycles. The van der Waals surface area contributed by atoms with Crippen LogP contribution in [0.1, 0.15) is 37.3 Å². The van der Waals surface area contributed by atoms with Crippen LogP contribution in [0.2, 0.25) is 0 Å². The first kappa shape index (κ1) is 15.0. The van der Waals surface area contributed by atoms with Crippen LogP contribution in [-0.2, 0) is 11.2 Å². The van der Waals surface area contributed by atoms with Crippen LogP contribution in [0.3, 0.4) is 0 Å². The zero-order valence-corrected chi connectivity index (χ0v) is 12.9. The van der Waals surface area contributed by atoms with Crippen LogP contribution in [0.4, 0.5) is 0 Å². The molecule has 0 spiro atoms. The molecule has 1 aromatic rings. The number of aliphatic hydroxyl groups excluding tert-OH is 1. The lowest BCUT2D eigenvalue weighted by Gasteiger charge is -2.34. The van der Waals surface area contributed by atoms with Gasteiger partial charge in [-0.1, -0.05) is 13.8 Å². The molecule has 2 atom stereocenters. The molecular formula is C15H25NO2S. The summed E-state index contributed by atoms with van der Waals surface area (Å²) in [4.78, 5) is 3.87. The second-order valence-corrected chi connectivity index (χ2v) is 6.81. The van der Waals surface area contributed by atoms with Crippen molar-refractivity contribution >= 4 is 11.3 Å². The van der Waals surface area contributed by atoms with Gasteiger partial charge in [0.15, 0.2) is 0 Å². The molecule has 108 valence electrons. The number of aliphatic hydroxyl groups is 1. The van der Waals surface area contributed by atoms with Gasteiger partial charge in [-0.2, -0.15) is 0 Å². The minimum atomic E-state index is -0.388. The summed E-state index contributed by atoms with van der Waals surface area (Å²) >= 11 is 1.85. The van der Waals surface area contributed by atoms with Gasteiger partial charge >= 0.3 is 0 Å². The van der Waals surface area contributed by atoms with Gasteiger partial charge < -0.3 is 9.84 Å². The Hall–Kier alpha value is -0.420. The Kier molecular flexibility index (Phi) is 5.39. The first-order valence-electron chi connectivity index (χ1n) is 7.14. The van der Waals surface area contributed by atoms with Gasteiger partial charge in [0, 0.05) is 30.6 Å². The second kappa shape index (κ2) is 6.84. The summed E-state index contributed by atoms with van der Waals surface area (Å²) in [5.41, 5.74) is 1.44. The van der Waals surface area contributed by atoms with Crippen molar-refractivity contribution < 1.29 is 9.84 Å². The monoisotopic (exact) mass is 283 g/mol. The maximum absolute atomic E-state index is 10.1. The van der Waals surface area contributed by atoms with E-state index in [1.54, 1.807) is 0 Å². The van der Waals surface area contributed by atoms with Crippen LogP contribution in [0.15, 0.2) is 11.4 Å². The maximum atomic E-state index is 10.1. The fourth-order valence-corrected chi connectivity index (χ4v) is 3.54. The molecule has 0 saturated carbocycles. The number of nitrogens with zero attached hydrogens (tertiary/aromatic N) is 1. The van der Waals surface area contributed by atoms with Gasteiger partial charge in [0.2, 0.25) is 0 Å². The third kappa shape index (κ3) is 4.02. The fraction of sp³-hybridized carbons (Fsp3) is 0.733. The largest absolute Gasteiger partial charge is 0.389 e. The summed E-state index contributed by atoms with van der Waals surface area (Å²) in [5.74, 6) is 0.523. The predicted molar refractivity (Wildman–Crippen MR) is 79.7 cm³/mol. The summed E-state index contributed by atoms with van der Waals surface area (Å²) in [6.45, 7) is 9.38. The van der Waals surface area contributed by atoms with Crippen LogP contribution >= 0.6 is 11.3 Å². The molecule has 0 amide bonds. The van der Waals surface area contributed by atoms with E-state index in [0.717, 1.165) is 19.6 Å². The molecule has 0 fully saturated rings. The minimum absolute atomic E-state index is 0.388. The Morgan fingerprint density at radius 1 is 1.47 bits per heavy atom. The second-order valence-electron chi connectivity index (χ2n) is 5.81. The van der Waals surface area contributed by atoms with Gasteiger partial charge in [-0.3, -0.25) is 4.90 Å². The van der Waals surface area contributed by atoms with Crippen molar-refractivity contribution in [3.8, 4) is 0 Å². The van der Waals surface area contributed by atoms with E-state index >= 15 is 0 Å². The molecule has 1 N–H and O–H groups in total. The molecule has 1 aliphatic rings. The summed E-state index contributed by atoms with van der Waals surface area (Å²) in [5, 5.41) is 12.2. The van der Waals surface area contributed by atoms with E-state index in [-0.39, 0.29) is 6.10 Å². The summed E-state index contributed by atoms with van der Waals surface area (Å²) < 4.78 is 5.51. The minimum Gasteiger partial charge on any atom is -0.389 e. The lowest BCUT2D eigenvalue weighted by molar-refractivity contribution is 0.000889. The normalized spacial score (nSPS) is 21.6.